The largest absolute Gasteiger partial charge is 1.00 e. The second-order valence-electron chi connectivity index (χ2n) is 0.513. The van der Waals surface area contributed by atoms with E-state index in [9.17, 15) is 0 Å². The van der Waals surface area contributed by atoms with Crippen molar-refractivity contribution in [2.45, 2.75) is 0 Å². The fourth-order valence-electron chi connectivity index (χ4n) is 0. The third kappa shape index (κ3) is 1400. The predicted octanol–water partition coefficient (Wildman–Crippen LogP) is -8.76. The molecule has 0 unspecified atom stereocenters. The van der Waals surface area contributed by atoms with Crippen LogP contribution in [0, 0.1) is 0 Å². The molecule has 0 spiro atoms. The van der Waals surface area contributed by atoms with Crippen LogP contribution in [0.5, 0.6) is 0 Å². The van der Waals surface area contributed by atoms with Crippen LogP contribution in [0.2, 0.25) is 0 Å². The van der Waals surface area contributed by atoms with E-state index in [4.69, 9.17) is 19.2 Å². The van der Waals surface area contributed by atoms with Crippen molar-refractivity contribution in [3.8, 4) is 0 Å². The second kappa shape index (κ2) is 29.7. The zero-order chi connectivity index (χ0) is 4.50. The molecule has 0 aliphatic heterocycles. The summed E-state index contributed by atoms with van der Waals surface area (Å²) in [5, 5.41) is 0. The summed E-state index contributed by atoms with van der Waals surface area (Å²) >= 11 is 0. The molecule has 0 rings (SSSR count). The van der Waals surface area contributed by atoms with Gasteiger partial charge < -0.3 is 49.0 Å². The molecule has 12 heteroatoms. The van der Waals surface area contributed by atoms with Gasteiger partial charge in [-0.1, -0.05) is 0 Å². The number of hydrogen-bond acceptors (Lipinski definition) is 1. The Morgan fingerprint density at radius 3 is 0.750 bits per heavy atom. The van der Waals surface area contributed by atoms with E-state index in [0.29, 0.717) is 0 Å². The van der Waals surface area contributed by atoms with Gasteiger partial charge in [-0.25, -0.2) is 4.57 Å². The van der Waals surface area contributed by atoms with Crippen LogP contribution in [-0.2, 0) is 4.57 Å². The van der Waals surface area contributed by atoms with Crippen molar-refractivity contribution in [2.75, 3.05) is 0 Å². The average molecular weight is 230 g/mol. The molecule has 0 aliphatic carbocycles. The number of rotatable bonds is 0. The Morgan fingerprint density at radius 1 is 0.750 bits per heavy atom. The second-order valence-corrected chi connectivity index (χ2v) is 1.54. The molecule has 0 heterocycles. The molecule has 10 nitrogen and oxygen atoms in total. The Labute approximate surface area is 91.1 Å². The Kier molecular flexibility index (Phi) is 189. The molecule has 0 aromatic carbocycles. The van der Waals surface area contributed by atoms with Crippen molar-refractivity contribution >= 4 is 7.82 Å². The summed E-state index contributed by atoms with van der Waals surface area (Å²) in [5.41, 5.74) is 0. The maximum atomic E-state index is 8.88. The molecule has 0 amide bonds. The molecule has 12 heavy (non-hydrogen) atoms. The van der Waals surface area contributed by atoms with E-state index in [-0.39, 0.29) is 63.8 Å². The van der Waals surface area contributed by atoms with E-state index in [1.807, 2.05) is 0 Å². The molecule has 0 radical (unpaired) electrons. The van der Waals surface area contributed by atoms with E-state index in [2.05, 4.69) is 0 Å². The first-order valence-corrected chi connectivity index (χ1v) is 2.35. The van der Waals surface area contributed by atoms with E-state index in [0.717, 1.165) is 0 Å². The van der Waals surface area contributed by atoms with Crippen LogP contribution < -0.4 is 29.6 Å². The molecule has 82 valence electrons. The first kappa shape index (κ1) is 76.5. The molecule has 15 N–H and O–H groups in total. The fraction of sp³-hybridized carbons (Fsp3) is 0. The summed E-state index contributed by atoms with van der Waals surface area (Å²) < 4.78 is 8.88. The summed E-state index contributed by atoms with van der Waals surface area (Å²) in [7, 11) is -4.64. The SMILES string of the molecule is O.O.O.O.O.O.O=P(O)(O)O.[H-].[Na+]. The van der Waals surface area contributed by atoms with Gasteiger partial charge in [0.15, 0.2) is 0 Å². The number of hydrogen-bond donors (Lipinski definition) is 3. The minimum atomic E-state index is -4.64. The van der Waals surface area contributed by atoms with Crippen LogP contribution in [0.3, 0.4) is 0 Å². The third-order valence-electron chi connectivity index (χ3n) is 0. The zero-order valence-corrected chi connectivity index (χ0v) is 9.09. The Hall–Kier alpha value is 0.870. The predicted molar refractivity (Wildman–Crippen MR) is 37.1 cm³/mol. The van der Waals surface area contributed by atoms with Gasteiger partial charge in [0.05, 0.1) is 0 Å². The van der Waals surface area contributed by atoms with Gasteiger partial charge in [0.2, 0.25) is 0 Å². The van der Waals surface area contributed by atoms with Crippen molar-refractivity contribution in [1.82, 2.24) is 0 Å². The molecule has 0 aromatic rings. The van der Waals surface area contributed by atoms with E-state index in [1.165, 1.54) is 0 Å². The fourth-order valence-corrected chi connectivity index (χ4v) is 0. The van der Waals surface area contributed by atoms with Gasteiger partial charge in [0.25, 0.3) is 0 Å². The smallest absolute Gasteiger partial charge is 1.00 e. The van der Waals surface area contributed by atoms with Crippen LogP contribution in [-0.4, -0.2) is 47.5 Å². The van der Waals surface area contributed by atoms with Crippen LogP contribution in [0.15, 0.2) is 0 Å². The van der Waals surface area contributed by atoms with E-state index < -0.39 is 7.82 Å². The maximum absolute atomic E-state index is 8.88. The monoisotopic (exact) mass is 230 g/mol. The molecular formula is H16NaO10P. The molecular weight excluding hydrogens is 214 g/mol. The molecule has 0 saturated heterocycles. The minimum Gasteiger partial charge on any atom is -1.00 e. The van der Waals surface area contributed by atoms with Crippen LogP contribution in [0.25, 0.3) is 0 Å². The minimum absolute atomic E-state index is 0. The topological polar surface area (TPSA) is 267 Å². The first-order valence-electron chi connectivity index (χ1n) is 0.783. The quantitative estimate of drug-likeness (QED) is 0.269. The summed E-state index contributed by atoms with van der Waals surface area (Å²) in [6.45, 7) is 0. The van der Waals surface area contributed by atoms with Gasteiger partial charge in [0, 0.05) is 0 Å². The van der Waals surface area contributed by atoms with E-state index in [1.54, 1.807) is 0 Å². The van der Waals surface area contributed by atoms with Crippen molar-refractivity contribution in [2.24, 2.45) is 0 Å². The van der Waals surface area contributed by atoms with Gasteiger partial charge in [-0.2, -0.15) is 0 Å². The molecule has 0 aromatic heterocycles. The number of phosphoric acid groups is 1. The van der Waals surface area contributed by atoms with Crippen molar-refractivity contribution in [1.29, 1.82) is 0 Å². The van der Waals surface area contributed by atoms with Crippen molar-refractivity contribution in [3.05, 3.63) is 0 Å². The summed E-state index contributed by atoms with van der Waals surface area (Å²) in [4.78, 5) is 21.6. The van der Waals surface area contributed by atoms with Crippen LogP contribution in [0.1, 0.15) is 1.43 Å². The average Bonchev–Trinajstić information content (AvgIpc) is 0.722. The van der Waals surface area contributed by atoms with Gasteiger partial charge in [-0.15, -0.1) is 0 Å². The maximum Gasteiger partial charge on any atom is 1.00 e. The Morgan fingerprint density at radius 2 is 0.750 bits per heavy atom. The van der Waals surface area contributed by atoms with Crippen molar-refractivity contribution in [3.63, 3.8) is 0 Å². The molecule has 0 atom stereocenters. The molecule has 0 saturated carbocycles. The molecule has 0 fully saturated rings. The molecule has 0 aliphatic rings. The van der Waals surface area contributed by atoms with Crippen LogP contribution in [0.4, 0.5) is 0 Å². The van der Waals surface area contributed by atoms with Crippen molar-refractivity contribution < 1.29 is 83.1 Å². The normalized spacial score (nSPS) is 4.92. The van der Waals surface area contributed by atoms with Gasteiger partial charge in [-0.3, -0.25) is 0 Å². The zero-order valence-electron chi connectivity index (χ0n) is 7.20. The molecule has 0 bridgehead atoms. The van der Waals surface area contributed by atoms with Gasteiger partial charge in [-0.05, 0) is 0 Å². The summed E-state index contributed by atoms with van der Waals surface area (Å²) in [6, 6.07) is 0. The Bertz CT molecular complexity index is 61.1. The van der Waals surface area contributed by atoms with E-state index >= 15 is 0 Å². The van der Waals surface area contributed by atoms with Gasteiger partial charge in [0.1, 0.15) is 0 Å². The third-order valence-corrected chi connectivity index (χ3v) is 0. The van der Waals surface area contributed by atoms with Gasteiger partial charge >= 0.3 is 37.4 Å². The standard InChI is InChI=1S/Na.H3O4P.6H2O.H/c;1-5(2,3)4;;;;;;;/h;(H3,1,2,3,4);6*1H2;/q+1;;;;;;;;-1. The summed E-state index contributed by atoms with van der Waals surface area (Å²) in [6.07, 6.45) is 0. The Balaban J connectivity index is -0.00000000286. The first-order chi connectivity index (χ1) is 2.00. The summed E-state index contributed by atoms with van der Waals surface area (Å²) in [5.74, 6) is 0. The van der Waals surface area contributed by atoms with Crippen LogP contribution >= 0.6 is 7.82 Å².